The Morgan fingerprint density at radius 1 is 1.21 bits per heavy atom. The molecular formula is C15H25NO2S. The van der Waals surface area contributed by atoms with E-state index >= 15 is 0 Å². The molecule has 19 heavy (non-hydrogen) atoms. The van der Waals surface area contributed by atoms with Crippen LogP contribution in [0.15, 0.2) is 24.3 Å². The molecule has 2 N–H and O–H groups in total. The molecule has 0 bridgehead atoms. The third kappa shape index (κ3) is 8.14. The number of nitrogens with one attached hydrogen (secondary N) is 1. The van der Waals surface area contributed by atoms with Gasteiger partial charge in [-0.3, -0.25) is 0 Å². The number of thioether (sulfide) groups is 1. The number of hydrogen-bond donors (Lipinski definition) is 2. The van der Waals surface area contributed by atoms with Crippen LogP contribution in [-0.4, -0.2) is 35.9 Å². The minimum atomic E-state index is 0.222. The van der Waals surface area contributed by atoms with Crippen LogP contribution in [-0.2, 0) is 6.54 Å². The van der Waals surface area contributed by atoms with Crippen molar-refractivity contribution >= 4 is 11.8 Å². The van der Waals surface area contributed by atoms with E-state index in [0.717, 1.165) is 36.8 Å². The van der Waals surface area contributed by atoms with Gasteiger partial charge in [-0.25, -0.2) is 0 Å². The first kappa shape index (κ1) is 16.3. The van der Waals surface area contributed by atoms with E-state index in [2.05, 4.69) is 17.4 Å². The van der Waals surface area contributed by atoms with Crippen molar-refractivity contribution in [2.75, 3.05) is 24.7 Å². The summed E-state index contributed by atoms with van der Waals surface area (Å²) in [5.41, 5.74) is 1.27. The Morgan fingerprint density at radius 2 is 1.95 bits per heavy atom. The summed E-state index contributed by atoms with van der Waals surface area (Å²) in [5.74, 6) is 3.06. The topological polar surface area (TPSA) is 41.5 Å². The molecule has 3 nitrogen and oxygen atoms in total. The summed E-state index contributed by atoms with van der Waals surface area (Å²) in [7, 11) is 0. The minimum Gasteiger partial charge on any atom is -0.491 e. The zero-order valence-corrected chi connectivity index (χ0v) is 12.7. The van der Waals surface area contributed by atoms with Gasteiger partial charge in [0.15, 0.2) is 0 Å². The molecule has 1 aromatic rings. The van der Waals surface area contributed by atoms with Crippen molar-refractivity contribution in [1.82, 2.24) is 5.32 Å². The van der Waals surface area contributed by atoms with Gasteiger partial charge < -0.3 is 15.2 Å². The SMILES string of the molecule is CC(C)Oc1ccc(CNCCSCCCO)cc1. The van der Waals surface area contributed by atoms with Crippen molar-refractivity contribution in [3.63, 3.8) is 0 Å². The van der Waals surface area contributed by atoms with Crippen LogP contribution in [0.3, 0.4) is 0 Å². The first-order valence-electron chi connectivity index (χ1n) is 6.87. The van der Waals surface area contributed by atoms with Crippen LogP contribution in [0.1, 0.15) is 25.8 Å². The Bertz CT molecular complexity index is 327. The molecule has 1 aromatic carbocycles. The van der Waals surface area contributed by atoms with Crippen LogP contribution in [0.2, 0.25) is 0 Å². The van der Waals surface area contributed by atoms with Crippen LogP contribution in [0, 0.1) is 0 Å². The highest BCUT2D eigenvalue weighted by Crippen LogP contribution is 2.13. The second kappa shape index (κ2) is 10.1. The molecule has 0 unspecified atom stereocenters. The Hall–Kier alpha value is -0.710. The fourth-order valence-electron chi connectivity index (χ4n) is 1.60. The van der Waals surface area contributed by atoms with Gasteiger partial charge in [0.1, 0.15) is 5.75 Å². The minimum absolute atomic E-state index is 0.222. The Balaban J connectivity index is 2.12. The second-order valence-electron chi connectivity index (χ2n) is 4.68. The second-order valence-corrected chi connectivity index (χ2v) is 5.90. The van der Waals surface area contributed by atoms with Gasteiger partial charge in [-0.1, -0.05) is 12.1 Å². The predicted octanol–water partition coefficient (Wildman–Crippen LogP) is 2.68. The van der Waals surface area contributed by atoms with E-state index < -0.39 is 0 Å². The predicted molar refractivity (Wildman–Crippen MR) is 82.9 cm³/mol. The molecule has 0 heterocycles. The fourth-order valence-corrected chi connectivity index (χ4v) is 2.43. The Kier molecular flexibility index (Phi) is 8.71. The molecule has 0 saturated heterocycles. The van der Waals surface area contributed by atoms with Crippen molar-refractivity contribution in [2.24, 2.45) is 0 Å². The Morgan fingerprint density at radius 3 is 2.58 bits per heavy atom. The highest BCUT2D eigenvalue weighted by molar-refractivity contribution is 7.99. The van der Waals surface area contributed by atoms with Gasteiger partial charge in [-0.2, -0.15) is 11.8 Å². The first-order chi connectivity index (χ1) is 9.22. The molecule has 0 amide bonds. The third-order valence-corrected chi connectivity index (χ3v) is 3.56. The lowest BCUT2D eigenvalue weighted by Gasteiger charge is -2.10. The fraction of sp³-hybridized carbons (Fsp3) is 0.600. The molecule has 0 aliphatic heterocycles. The molecule has 4 heteroatoms. The molecule has 0 aliphatic rings. The molecule has 0 aromatic heterocycles. The molecule has 0 aliphatic carbocycles. The van der Waals surface area contributed by atoms with E-state index in [-0.39, 0.29) is 6.10 Å². The van der Waals surface area contributed by atoms with E-state index in [1.807, 2.05) is 37.7 Å². The normalized spacial score (nSPS) is 10.9. The van der Waals surface area contributed by atoms with E-state index in [0.29, 0.717) is 6.61 Å². The van der Waals surface area contributed by atoms with Crippen molar-refractivity contribution < 1.29 is 9.84 Å². The summed E-state index contributed by atoms with van der Waals surface area (Å²) in [6.07, 6.45) is 1.11. The Labute approximate surface area is 120 Å². The van der Waals surface area contributed by atoms with Gasteiger partial charge in [-0.05, 0) is 43.7 Å². The van der Waals surface area contributed by atoms with E-state index in [9.17, 15) is 0 Å². The zero-order chi connectivity index (χ0) is 13.9. The average molecular weight is 283 g/mol. The first-order valence-corrected chi connectivity index (χ1v) is 8.02. The summed E-state index contributed by atoms with van der Waals surface area (Å²) < 4.78 is 5.61. The molecule has 0 spiro atoms. The van der Waals surface area contributed by atoms with Crippen LogP contribution in [0.4, 0.5) is 0 Å². The summed E-state index contributed by atoms with van der Waals surface area (Å²) in [5, 5.41) is 12.1. The van der Waals surface area contributed by atoms with Crippen molar-refractivity contribution in [1.29, 1.82) is 0 Å². The lowest BCUT2D eigenvalue weighted by atomic mass is 10.2. The van der Waals surface area contributed by atoms with Crippen LogP contribution in [0.25, 0.3) is 0 Å². The molecule has 0 fully saturated rings. The van der Waals surface area contributed by atoms with Gasteiger partial charge in [0.2, 0.25) is 0 Å². The number of rotatable bonds is 10. The van der Waals surface area contributed by atoms with Gasteiger partial charge in [0, 0.05) is 25.4 Å². The molecular weight excluding hydrogens is 258 g/mol. The summed E-state index contributed by atoms with van der Waals surface area (Å²) in [4.78, 5) is 0. The lowest BCUT2D eigenvalue weighted by molar-refractivity contribution is 0.242. The summed E-state index contributed by atoms with van der Waals surface area (Å²) in [6, 6.07) is 8.24. The van der Waals surface area contributed by atoms with Crippen molar-refractivity contribution in [3.05, 3.63) is 29.8 Å². The van der Waals surface area contributed by atoms with Crippen LogP contribution < -0.4 is 10.1 Å². The standard InChI is InChI=1S/C15H25NO2S/c1-13(2)18-15-6-4-14(5-7-15)12-16-8-11-19-10-3-9-17/h4-7,13,16-17H,3,8-12H2,1-2H3. The smallest absolute Gasteiger partial charge is 0.119 e. The monoisotopic (exact) mass is 283 g/mol. The maximum absolute atomic E-state index is 8.66. The van der Waals surface area contributed by atoms with Gasteiger partial charge >= 0.3 is 0 Å². The number of aliphatic hydroxyl groups is 1. The molecule has 0 saturated carbocycles. The molecule has 0 radical (unpaired) electrons. The number of hydrogen-bond acceptors (Lipinski definition) is 4. The van der Waals surface area contributed by atoms with E-state index in [4.69, 9.17) is 9.84 Å². The van der Waals surface area contributed by atoms with Gasteiger partial charge in [0.05, 0.1) is 6.10 Å². The highest BCUT2D eigenvalue weighted by Gasteiger charge is 1.98. The van der Waals surface area contributed by atoms with Gasteiger partial charge in [-0.15, -0.1) is 0 Å². The van der Waals surface area contributed by atoms with E-state index in [1.165, 1.54) is 5.56 Å². The summed E-state index contributed by atoms with van der Waals surface area (Å²) in [6.45, 7) is 6.25. The quantitative estimate of drug-likeness (QED) is 0.648. The molecule has 108 valence electrons. The molecule has 0 atom stereocenters. The van der Waals surface area contributed by atoms with Gasteiger partial charge in [0.25, 0.3) is 0 Å². The zero-order valence-electron chi connectivity index (χ0n) is 11.9. The molecule has 1 rings (SSSR count). The largest absolute Gasteiger partial charge is 0.491 e. The number of benzene rings is 1. The maximum Gasteiger partial charge on any atom is 0.119 e. The van der Waals surface area contributed by atoms with E-state index in [1.54, 1.807) is 0 Å². The average Bonchev–Trinajstić information content (AvgIpc) is 2.39. The van der Waals surface area contributed by atoms with Crippen molar-refractivity contribution in [2.45, 2.75) is 32.9 Å². The third-order valence-electron chi connectivity index (χ3n) is 2.49. The summed E-state index contributed by atoms with van der Waals surface area (Å²) >= 11 is 1.88. The lowest BCUT2D eigenvalue weighted by Crippen LogP contribution is -2.16. The number of aliphatic hydroxyl groups excluding tert-OH is 1. The van der Waals surface area contributed by atoms with Crippen LogP contribution in [0.5, 0.6) is 5.75 Å². The highest BCUT2D eigenvalue weighted by atomic mass is 32.2. The number of ether oxygens (including phenoxy) is 1. The van der Waals surface area contributed by atoms with Crippen LogP contribution >= 0.6 is 11.8 Å². The maximum atomic E-state index is 8.66. The van der Waals surface area contributed by atoms with Crippen molar-refractivity contribution in [3.8, 4) is 5.75 Å².